The Labute approximate surface area is 120 Å². The van der Waals surface area contributed by atoms with E-state index in [-0.39, 0.29) is 0 Å². The molecule has 0 aliphatic carbocycles. The Morgan fingerprint density at radius 2 is 1.25 bits per heavy atom. The van der Waals surface area contributed by atoms with E-state index in [1.165, 1.54) is 12.1 Å². The fourth-order valence-corrected chi connectivity index (χ4v) is 1.97. The Kier molecular flexibility index (Phi) is 4.41. The first-order valence-corrected chi connectivity index (χ1v) is 7.05. The third-order valence-electron chi connectivity index (χ3n) is 2.65. The van der Waals surface area contributed by atoms with Crippen LogP contribution in [-0.2, 0) is 6.18 Å². The molecule has 0 aliphatic heterocycles. The van der Waals surface area contributed by atoms with E-state index in [1.807, 2.05) is 30.5 Å². The van der Waals surface area contributed by atoms with Crippen molar-refractivity contribution in [1.82, 2.24) is 0 Å². The summed E-state index contributed by atoms with van der Waals surface area (Å²) in [4.78, 5) is 1.14. The molecular formula is C16H11F3S. The van der Waals surface area contributed by atoms with Crippen molar-refractivity contribution in [2.24, 2.45) is 0 Å². The van der Waals surface area contributed by atoms with E-state index in [0.717, 1.165) is 22.6 Å². The summed E-state index contributed by atoms with van der Waals surface area (Å²) in [5, 5.41) is 0. The second-order valence-electron chi connectivity index (χ2n) is 4.05. The minimum atomic E-state index is -4.31. The van der Waals surface area contributed by atoms with Crippen LogP contribution in [0.2, 0.25) is 0 Å². The lowest BCUT2D eigenvalue weighted by atomic mass is 10.1. The summed E-state index contributed by atoms with van der Waals surface area (Å²) in [6.45, 7) is 0. The number of thioether (sulfide) groups is 1. The SMILES string of the molecule is CSc1ccc(C#Cc2ccc(C(F)(F)F)cc2)cc1. The highest BCUT2D eigenvalue weighted by atomic mass is 32.2. The molecule has 4 heteroatoms. The zero-order chi connectivity index (χ0) is 14.6. The molecule has 0 saturated carbocycles. The summed E-state index contributed by atoms with van der Waals surface area (Å²) in [5.41, 5.74) is 0.738. The largest absolute Gasteiger partial charge is 0.416 e. The van der Waals surface area contributed by atoms with Gasteiger partial charge in [-0.05, 0) is 54.8 Å². The van der Waals surface area contributed by atoms with Gasteiger partial charge in [-0.3, -0.25) is 0 Å². The molecule has 2 aromatic rings. The third kappa shape index (κ3) is 3.82. The summed E-state index contributed by atoms with van der Waals surface area (Å²) in [5.74, 6) is 5.78. The lowest BCUT2D eigenvalue weighted by molar-refractivity contribution is -0.137. The Balaban J connectivity index is 2.16. The second kappa shape index (κ2) is 6.06. The number of hydrogen-bond donors (Lipinski definition) is 0. The first-order valence-electron chi connectivity index (χ1n) is 5.82. The molecule has 0 heterocycles. The third-order valence-corrected chi connectivity index (χ3v) is 3.40. The molecule has 0 radical (unpaired) electrons. The van der Waals surface area contributed by atoms with Crippen molar-refractivity contribution in [3.05, 3.63) is 65.2 Å². The molecule has 0 saturated heterocycles. The monoisotopic (exact) mass is 292 g/mol. The van der Waals surface area contributed by atoms with Crippen molar-refractivity contribution in [2.75, 3.05) is 6.26 Å². The average Bonchev–Trinajstić information content (AvgIpc) is 2.45. The fraction of sp³-hybridized carbons (Fsp3) is 0.125. The van der Waals surface area contributed by atoms with Crippen LogP contribution in [0, 0.1) is 11.8 Å². The van der Waals surface area contributed by atoms with E-state index in [9.17, 15) is 13.2 Å². The van der Waals surface area contributed by atoms with Crippen molar-refractivity contribution in [3.8, 4) is 11.8 Å². The molecule has 0 N–H and O–H groups in total. The Bertz CT molecular complexity index is 629. The van der Waals surface area contributed by atoms with E-state index in [2.05, 4.69) is 11.8 Å². The van der Waals surface area contributed by atoms with Crippen molar-refractivity contribution >= 4 is 11.8 Å². The summed E-state index contributed by atoms with van der Waals surface area (Å²) in [6, 6.07) is 12.6. The van der Waals surface area contributed by atoms with Crippen molar-refractivity contribution in [2.45, 2.75) is 11.1 Å². The first-order chi connectivity index (χ1) is 9.49. The molecule has 0 bridgehead atoms. The maximum absolute atomic E-state index is 12.4. The lowest BCUT2D eigenvalue weighted by Crippen LogP contribution is -2.04. The molecule has 102 valence electrons. The standard InChI is InChI=1S/C16H11F3S/c1-20-15-10-6-13(7-11-15)3-2-12-4-8-14(9-5-12)16(17,18)19/h4-11H,1H3. The van der Waals surface area contributed by atoms with Crippen LogP contribution in [0.5, 0.6) is 0 Å². The highest BCUT2D eigenvalue weighted by molar-refractivity contribution is 7.98. The summed E-state index contributed by atoms with van der Waals surface area (Å²) < 4.78 is 37.2. The highest BCUT2D eigenvalue weighted by Gasteiger charge is 2.29. The fourth-order valence-electron chi connectivity index (χ4n) is 1.56. The van der Waals surface area contributed by atoms with Gasteiger partial charge in [0.2, 0.25) is 0 Å². The predicted octanol–water partition coefficient (Wildman–Crippen LogP) is 4.83. The zero-order valence-electron chi connectivity index (χ0n) is 10.7. The van der Waals surface area contributed by atoms with Crippen LogP contribution < -0.4 is 0 Å². The van der Waals surface area contributed by atoms with E-state index < -0.39 is 11.7 Å². The van der Waals surface area contributed by atoms with Crippen LogP contribution in [0.4, 0.5) is 13.2 Å². The molecule has 0 nitrogen and oxygen atoms in total. The van der Waals surface area contributed by atoms with Gasteiger partial charge in [0.15, 0.2) is 0 Å². The van der Waals surface area contributed by atoms with Gasteiger partial charge in [-0.2, -0.15) is 13.2 Å². The summed E-state index contributed by atoms with van der Waals surface area (Å²) in [6.07, 6.45) is -2.32. The normalized spacial score (nSPS) is 10.8. The van der Waals surface area contributed by atoms with Gasteiger partial charge in [0.05, 0.1) is 5.56 Å². The van der Waals surface area contributed by atoms with Gasteiger partial charge >= 0.3 is 6.18 Å². The topological polar surface area (TPSA) is 0 Å². The molecule has 0 aliphatic rings. The predicted molar refractivity (Wildman–Crippen MR) is 75.6 cm³/mol. The average molecular weight is 292 g/mol. The molecule has 0 atom stereocenters. The number of hydrogen-bond acceptors (Lipinski definition) is 1. The van der Waals surface area contributed by atoms with Crippen LogP contribution in [0.3, 0.4) is 0 Å². The number of rotatable bonds is 1. The van der Waals surface area contributed by atoms with Gasteiger partial charge in [0, 0.05) is 16.0 Å². The van der Waals surface area contributed by atoms with E-state index in [4.69, 9.17) is 0 Å². The second-order valence-corrected chi connectivity index (χ2v) is 4.93. The first kappa shape index (κ1) is 14.5. The minimum Gasteiger partial charge on any atom is -0.166 e. The molecule has 2 rings (SSSR count). The van der Waals surface area contributed by atoms with Crippen LogP contribution in [0.1, 0.15) is 16.7 Å². The summed E-state index contributed by atoms with van der Waals surface area (Å²) >= 11 is 1.64. The van der Waals surface area contributed by atoms with Crippen LogP contribution in [0.15, 0.2) is 53.4 Å². The van der Waals surface area contributed by atoms with Gasteiger partial charge in [-0.15, -0.1) is 11.8 Å². The Hall–Kier alpha value is -1.86. The lowest BCUT2D eigenvalue weighted by Gasteiger charge is -2.05. The molecular weight excluding hydrogens is 281 g/mol. The maximum Gasteiger partial charge on any atom is 0.416 e. The molecule has 0 spiro atoms. The van der Waals surface area contributed by atoms with Crippen molar-refractivity contribution in [3.63, 3.8) is 0 Å². The van der Waals surface area contributed by atoms with E-state index in [1.54, 1.807) is 11.8 Å². The highest BCUT2D eigenvalue weighted by Crippen LogP contribution is 2.28. The van der Waals surface area contributed by atoms with Gasteiger partial charge in [0.25, 0.3) is 0 Å². The van der Waals surface area contributed by atoms with Gasteiger partial charge < -0.3 is 0 Å². The van der Waals surface area contributed by atoms with E-state index in [0.29, 0.717) is 5.56 Å². The van der Waals surface area contributed by atoms with Crippen LogP contribution in [-0.4, -0.2) is 6.26 Å². The number of alkyl halides is 3. The molecule has 2 aromatic carbocycles. The van der Waals surface area contributed by atoms with Gasteiger partial charge in [0.1, 0.15) is 0 Å². The molecule has 20 heavy (non-hydrogen) atoms. The van der Waals surface area contributed by atoms with Crippen LogP contribution in [0.25, 0.3) is 0 Å². The van der Waals surface area contributed by atoms with Crippen molar-refractivity contribution in [1.29, 1.82) is 0 Å². The molecule has 0 unspecified atom stereocenters. The van der Waals surface area contributed by atoms with Crippen LogP contribution >= 0.6 is 11.8 Å². The minimum absolute atomic E-state index is 0.562. The number of halogens is 3. The quantitative estimate of drug-likeness (QED) is 0.536. The Morgan fingerprint density at radius 1 is 0.800 bits per heavy atom. The molecule has 0 aromatic heterocycles. The molecule has 0 amide bonds. The van der Waals surface area contributed by atoms with E-state index >= 15 is 0 Å². The Morgan fingerprint density at radius 3 is 1.65 bits per heavy atom. The van der Waals surface area contributed by atoms with Gasteiger partial charge in [-0.1, -0.05) is 11.8 Å². The maximum atomic E-state index is 12.4. The summed E-state index contributed by atoms with van der Waals surface area (Å²) in [7, 11) is 0. The molecule has 0 fully saturated rings. The van der Waals surface area contributed by atoms with Crippen molar-refractivity contribution < 1.29 is 13.2 Å². The van der Waals surface area contributed by atoms with Gasteiger partial charge in [-0.25, -0.2) is 0 Å². The zero-order valence-corrected chi connectivity index (χ0v) is 11.5. The number of benzene rings is 2. The smallest absolute Gasteiger partial charge is 0.166 e.